The molecule has 0 aliphatic carbocycles. The number of aromatic amines is 1. The van der Waals surface area contributed by atoms with E-state index >= 15 is 0 Å². The number of amides is 1. The topological polar surface area (TPSA) is 101 Å². The van der Waals surface area contributed by atoms with Crippen LogP contribution in [0.4, 0.5) is 13.2 Å². The third-order valence-electron chi connectivity index (χ3n) is 5.80. The Labute approximate surface area is 199 Å². The fourth-order valence-corrected chi connectivity index (χ4v) is 5.19. The van der Waals surface area contributed by atoms with E-state index in [9.17, 15) is 18.0 Å². The first kappa shape index (κ1) is 21.5. The van der Waals surface area contributed by atoms with Crippen LogP contribution < -0.4 is 0 Å². The molecule has 12 heteroatoms. The lowest BCUT2D eigenvalue weighted by atomic mass is 10.0. The lowest BCUT2D eigenvalue weighted by molar-refractivity contribution is -0.137. The fraction of sp³-hybridized carbons (Fsp3) is 0.174. The van der Waals surface area contributed by atoms with Crippen molar-refractivity contribution in [1.82, 2.24) is 30.0 Å². The molecule has 1 aliphatic heterocycles. The molecule has 0 spiro atoms. The van der Waals surface area contributed by atoms with Gasteiger partial charge in [-0.1, -0.05) is 12.1 Å². The van der Waals surface area contributed by atoms with Gasteiger partial charge in [0.2, 0.25) is 5.89 Å². The summed E-state index contributed by atoms with van der Waals surface area (Å²) in [6, 6.07) is 11.5. The van der Waals surface area contributed by atoms with Crippen LogP contribution >= 0.6 is 11.3 Å². The maximum atomic E-state index is 13.5. The van der Waals surface area contributed by atoms with Crippen LogP contribution in [-0.2, 0) is 12.6 Å². The first-order chi connectivity index (χ1) is 16.9. The SMILES string of the molecule is O=C(c1nnc(-c2ccc(C(F)(F)F)cc2)o1)N1CCc2[nH]cnc2[C@H]1c1nc2ccccc2s1. The van der Waals surface area contributed by atoms with Crippen molar-refractivity contribution in [2.75, 3.05) is 6.54 Å². The summed E-state index contributed by atoms with van der Waals surface area (Å²) in [6.07, 6.45) is -2.31. The number of carbonyl (C=O) groups is 1. The lowest BCUT2D eigenvalue weighted by Gasteiger charge is -2.32. The zero-order valence-corrected chi connectivity index (χ0v) is 18.6. The van der Waals surface area contributed by atoms with Gasteiger partial charge < -0.3 is 14.3 Å². The number of fused-ring (bicyclic) bond motifs is 2. The average Bonchev–Trinajstić information content (AvgIpc) is 3.61. The number of alkyl halides is 3. The molecule has 0 fully saturated rings. The van der Waals surface area contributed by atoms with Gasteiger partial charge >= 0.3 is 18.0 Å². The Bertz CT molecular complexity index is 1510. The number of H-pyrrole nitrogens is 1. The minimum atomic E-state index is -4.45. The van der Waals surface area contributed by atoms with Gasteiger partial charge in [0.15, 0.2) is 0 Å². The third-order valence-corrected chi connectivity index (χ3v) is 6.89. The standard InChI is InChI=1S/C23H15F3N6O2S/c24-23(25,26)13-7-5-12(6-8-13)19-30-31-20(34-19)22(33)32-10-9-15-17(28-11-27-15)18(32)21-29-14-3-1-2-4-16(14)35-21/h1-8,11,18H,9-10H2,(H,27,28)/t18-/m0/s1. The van der Waals surface area contributed by atoms with Crippen molar-refractivity contribution in [2.24, 2.45) is 0 Å². The number of rotatable bonds is 3. The minimum absolute atomic E-state index is 0.0453. The molecule has 5 aromatic rings. The predicted molar refractivity (Wildman–Crippen MR) is 120 cm³/mol. The molecule has 3 aromatic heterocycles. The molecule has 1 N–H and O–H groups in total. The van der Waals surface area contributed by atoms with Gasteiger partial charge in [-0.15, -0.1) is 21.5 Å². The number of carbonyl (C=O) groups excluding carboxylic acids is 1. The van der Waals surface area contributed by atoms with Crippen molar-refractivity contribution >= 4 is 27.5 Å². The van der Waals surface area contributed by atoms with Crippen molar-refractivity contribution in [3.8, 4) is 11.5 Å². The van der Waals surface area contributed by atoms with E-state index in [1.807, 2.05) is 24.3 Å². The molecule has 2 aromatic carbocycles. The Morgan fingerprint density at radius 2 is 1.91 bits per heavy atom. The summed E-state index contributed by atoms with van der Waals surface area (Å²) in [6.45, 7) is 0.368. The largest absolute Gasteiger partial charge is 0.416 e. The van der Waals surface area contributed by atoms with Gasteiger partial charge in [-0.2, -0.15) is 13.2 Å². The molecule has 6 rings (SSSR count). The molecule has 176 valence electrons. The Kier molecular flexibility index (Phi) is 4.92. The van der Waals surface area contributed by atoms with Gasteiger partial charge in [-0.25, -0.2) is 9.97 Å². The second-order valence-electron chi connectivity index (χ2n) is 7.92. The van der Waals surface area contributed by atoms with Crippen molar-refractivity contribution in [3.63, 3.8) is 0 Å². The smallest absolute Gasteiger partial charge is 0.412 e. The van der Waals surface area contributed by atoms with Crippen LogP contribution in [-0.4, -0.2) is 42.5 Å². The number of para-hydroxylation sites is 1. The minimum Gasteiger partial charge on any atom is -0.412 e. The van der Waals surface area contributed by atoms with Crippen LogP contribution in [0.25, 0.3) is 21.7 Å². The van der Waals surface area contributed by atoms with Gasteiger partial charge in [0.25, 0.3) is 0 Å². The number of hydrogen-bond acceptors (Lipinski definition) is 7. The molecule has 0 bridgehead atoms. The molecule has 0 saturated carbocycles. The second kappa shape index (κ2) is 8.01. The maximum absolute atomic E-state index is 13.5. The van der Waals surface area contributed by atoms with Crippen LogP contribution in [0.1, 0.15) is 38.7 Å². The molecule has 1 atom stereocenters. The summed E-state index contributed by atoms with van der Waals surface area (Å²) in [5, 5.41) is 8.46. The number of hydrogen-bond donors (Lipinski definition) is 1. The number of thiazole rings is 1. The van der Waals surface area contributed by atoms with Gasteiger partial charge in [0, 0.05) is 24.2 Å². The highest BCUT2D eigenvalue weighted by molar-refractivity contribution is 7.18. The molecule has 0 radical (unpaired) electrons. The number of halogens is 3. The molecule has 1 aliphatic rings. The van der Waals surface area contributed by atoms with E-state index in [-0.39, 0.29) is 17.3 Å². The summed E-state index contributed by atoms with van der Waals surface area (Å²) in [5.74, 6) is -0.811. The van der Waals surface area contributed by atoms with Crippen LogP contribution in [0.15, 0.2) is 59.3 Å². The number of aromatic nitrogens is 5. The zero-order valence-electron chi connectivity index (χ0n) is 17.8. The highest BCUT2D eigenvalue weighted by atomic mass is 32.1. The van der Waals surface area contributed by atoms with Crippen molar-refractivity contribution in [2.45, 2.75) is 18.6 Å². The van der Waals surface area contributed by atoms with Gasteiger partial charge in [0.1, 0.15) is 11.0 Å². The van der Waals surface area contributed by atoms with Gasteiger partial charge in [-0.3, -0.25) is 4.79 Å². The number of imidazole rings is 1. The summed E-state index contributed by atoms with van der Waals surface area (Å²) in [5.41, 5.74) is 1.93. The Balaban J connectivity index is 1.34. The fourth-order valence-electron chi connectivity index (χ4n) is 4.10. The molecular weight excluding hydrogens is 481 g/mol. The van der Waals surface area contributed by atoms with Gasteiger partial charge in [-0.05, 0) is 36.4 Å². The highest BCUT2D eigenvalue weighted by Gasteiger charge is 2.38. The van der Waals surface area contributed by atoms with E-state index in [1.54, 1.807) is 11.2 Å². The monoisotopic (exact) mass is 496 g/mol. The predicted octanol–water partition coefficient (Wildman–Crippen LogP) is 4.88. The second-order valence-corrected chi connectivity index (χ2v) is 8.99. The maximum Gasteiger partial charge on any atom is 0.416 e. The van der Waals surface area contributed by atoms with Crippen LogP contribution in [0.5, 0.6) is 0 Å². The Morgan fingerprint density at radius 3 is 2.69 bits per heavy atom. The molecule has 4 heterocycles. The van der Waals surface area contributed by atoms with Gasteiger partial charge in [0.05, 0.1) is 27.8 Å². The van der Waals surface area contributed by atoms with Crippen molar-refractivity contribution < 1.29 is 22.4 Å². The molecule has 0 saturated heterocycles. The summed E-state index contributed by atoms with van der Waals surface area (Å²) in [7, 11) is 0. The molecular formula is C23H15F3N6O2S. The molecule has 35 heavy (non-hydrogen) atoms. The Hall–Kier alpha value is -4.06. The van der Waals surface area contributed by atoms with Crippen LogP contribution in [0, 0.1) is 0 Å². The summed E-state index contributed by atoms with van der Waals surface area (Å²) >= 11 is 1.48. The van der Waals surface area contributed by atoms with E-state index in [4.69, 9.17) is 9.40 Å². The lowest BCUT2D eigenvalue weighted by Crippen LogP contribution is -2.40. The first-order valence-electron chi connectivity index (χ1n) is 10.6. The van der Waals surface area contributed by atoms with Crippen molar-refractivity contribution in [3.05, 3.63) is 82.7 Å². The Morgan fingerprint density at radius 1 is 1.11 bits per heavy atom. The van der Waals surface area contributed by atoms with Crippen LogP contribution in [0.2, 0.25) is 0 Å². The first-order valence-corrected chi connectivity index (χ1v) is 11.4. The molecule has 8 nitrogen and oxygen atoms in total. The third kappa shape index (κ3) is 3.75. The molecule has 1 amide bonds. The normalized spacial score (nSPS) is 16.0. The van der Waals surface area contributed by atoms with Crippen molar-refractivity contribution in [1.29, 1.82) is 0 Å². The highest BCUT2D eigenvalue weighted by Crippen LogP contribution is 2.38. The quantitative estimate of drug-likeness (QED) is 0.382. The molecule has 0 unspecified atom stereocenters. The number of benzene rings is 2. The summed E-state index contributed by atoms with van der Waals surface area (Å²) < 4.78 is 45.1. The van der Waals surface area contributed by atoms with E-state index in [0.29, 0.717) is 23.7 Å². The average molecular weight is 496 g/mol. The van der Waals surface area contributed by atoms with E-state index in [0.717, 1.165) is 28.0 Å². The zero-order chi connectivity index (χ0) is 24.2. The van der Waals surface area contributed by atoms with E-state index in [1.165, 1.54) is 23.5 Å². The van der Waals surface area contributed by atoms with Crippen LogP contribution in [0.3, 0.4) is 0 Å². The summed E-state index contributed by atoms with van der Waals surface area (Å²) in [4.78, 5) is 27.4. The van der Waals surface area contributed by atoms with E-state index < -0.39 is 23.7 Å². The number of nitrogens with one attached hydrogen (secondary N) is 1. The van der Waals surface area contributed by atoms with E-state index in [2.05, 4.69) is 20.2 Å². The number of nitrogens with zero attached hydrogens (tertiary/aromatic N) is 5.